The van der Waals surface area contributed by atoms with Crippen LogP contribution in [0.2, 0.25) is 0 Å². The number of benzene rings is 1. The summed E-state index contributed by atoms with van der Waals surface area (Å²) in [6.45, 7) is 5.28. The van der Waals surface area contributed by atoms with Crippen molar-refractivity contribution in [2.45, 2.75) is 26.3 Å². The van der Waals surface area contributed by atoms with E-state index in [4.69, 9.17) is 4.74 Å². The number of carbonyl (C=O) groups excluding carboxylic acids is 1. The molecule has 0 heterocycles. The van der Waals surface area contributed by atoms with Gasteiger partial charge < -0.3 is 15.4 Å². The third-order valence-corrected chi connectivity index (χ3v) is 2.71. The van der Waals surface area contributed by atoms with Crippen molar-refractivity contribution in [3.8, 4) is 5.75 Å². The minimum atomic E-state index is 0.00633. The van der Waals surface area contributed by atoms with Gasteiger partial charge in [0.15, 0.2) is 0 Å². The Labute approximate surface area is 109 Å². The van der Waals surface area contributed by atoms with Crippen molar-refractivity contribution in [3.63, 3.8) is 0 Å². The first-order valence-corrected chi connectivity index (χ1v) is 6.31. The molecule has 1 atom stereocenters. The lowest BCUT2D eigenvalue weighted by molar-refractivity contribution is -0.120. The summed E-state index contributed by atoms with van der Waals surface area (Å²) in [5.41, 5.74) is 1.07. The van der Waals surface area contributed by atoms with Crippen LogP contribution in [0.3, 0.4) is 0 Å². The Morgan fingerprint density at radius 1 is 1.33 bits per heavy atom. The molecule has 0 spiro atoms. The monoisotopic (exact) mass is 250 g/mol. The van der Waals surface area contributed by atoms with Gasteiger partial charge in [-0.3, -0.25) is 4.79 Å². The van der Waals surface area contributed by atoms with E-state index in [2.05, 4.69) is 17.6 Å². The predicted molar refractivity (Wildman–Crippen MR) is 72.7 cm³/mol. The molecule has 1 amide bonds. The highest BCUT2D eigenvalue weighted by Crippen LogP contribution is 2.16. The van der Waals surface area contributed by atoms with Gasteiger partial charge in [0.05, 0.1) is 19.7 Å². The molecule has 18 heavy (non-hydrogen) atoms. The van der Waals surface area contributed by atoms with E-state index in [9.17, 15) is 4.79 Å². The van der Waals surface area contributed by atoms with Gasteiger partial charge in [-0.2, -0.15) is 0 Å². The molecule has 0 radical (unpaired) electrons. The van der Waals surface area contributed by atoms with Gasteiger partial charge in [0.2, 0.25) is 5.91 Å². The van der Waals surface area contributed by atoms with Crippen molar-refractivity contribution in [2.24, 2.45) is 0 Å². The molecule has 1 rings (SSSR count). The highest BCUT2D eigenvalue weighted by atomic mass is 16.5. The first-order chi connectivity index (χ1) is 8.67. The van der Waals surface area contributed by atoms with E-state index >= 15 is 0 Å². The van der Waals surface area contributed by atoms with Crippen LogP contribution in [0.25, 0.3) is 0 Å². The number of methoxy groups -OCH3 is 1. The molecule has 0 aromatic heterocycles. The maximum Gasteiger partial charge on any atom is 0.234 e. The smallest absolute Gasteiger partial charge is 0.234 e. The first kappa shape index (κ1) is 14.5. The summed E-state index contributed by atoms with van der Waals surface area (Å²) in [4.78, 5) is 11.6. The molecule has 4 heteroatoms. The van der Waals surface area contributed by atoms with E-state index in [0.717, 1.165) is 24.3 Å². The maximum atomic E-state index is 11.6. The number of ether oxygens (including phenoxy) is 1. The zero-order valence-corrected chi connectivity index (χ0v) is 11.3. The van der Waals surface area contributed by atoms with E-state index in [1.807, 2.05) is 31.2 Å². The number of hydrogen-bond donors (Lipinski definition) is 2. The van der Waals surface area contributed by atoms with Crippen molar-refractivity contribution < 1.29 is 9.53 Å². The average Bonchev–Trinajstić information content (AvgIpc) is 2.39. The molecule has 1 aromatic rings. The highest BCUT2D eigenvalue weighted by Gasteiger charge is 2.08. The summed E-state index contributed by atoms with van der Waals surface area (Å²) >= 11 is 0. The fourth-order valence-corrected chi connectivity index (χ4v) is 1.65. The summed E-state index contributed by atoms with van der Waals surface area (Å²) in [6.07, 6.45) is 1.03. The number of carbonyl (C=O) groups is 1. The average molecular weight is 250 g/mol. The fraction of sp³-hybridized carbons (Fsp3) is 0.500. The molecule has 1 aromatic carbocycles. The molecule has 0 bridgehead atoms. The number of rotatable bonds is 7. The van der Waals surface area contributed by atoms with E-state index < -0.39 is 0 Å². The van der Waals surface area contributed by atoms with Crippen molar-refractivity contribution in [1.29, 1.82) is 0 Å². The third kappa shape index (κ3) is 4.75. The van der Waals surface area contributed by atoms with Crippen LogP contribution in [0, 0.1) is 0 Å². The standard InChI is InChI=1S/C14H22N2O2/c1-4-9-15-10-14(17)16-11(2)12-5-7-13(18-3)8-6-12/h5-8,11,15H,4,9-10H2,1-3H3,(H,16,17)/t11-/m0/s1. The van der Waals surface area contributed by atoms with Crippen molar-refractivity contribution >= 4 is 5.91 Å². The Morgan fingerprint density at radius 3 is 2.56 bits per heavy atom. The van der Waals surface area contributed by atoms with Crippen molar-refractivity contribution in [3.05, 3.63) is 29.8 Å². The second kappa shape index (κ2) is 7.71. The molecule has 0 saturated carbocycles. The molecule has 4 nitrogen and oxygen atoms in total. The lowest BCUT2D eigenvalue weighted by Crippen LogP contribution is -2.35. The van der Waals surface area contributed by atoms with E-state index in [-0.39, 0.29) is 11.9 Å². The summed E-state index contributed by atoms with van der Waals surface area (Å²) < 4.78 is 5.10. The van der Waals surface area contributed by atoms with Gasteiger partial charge in [-0.15, -0.1) is 0 Å². The van der Waals surface area contributed by atoms with Crippen LogP contribution in [-0.4, -0.2) is 26.1 Å². The van der Waals surface area contributed by atoms with E-state index in [1.165, 1.54) is 0 Å². The number of hydrogen-bond acceptors (Lipinski definition) is 3. The van der Waals surface area contributed by atoms with Crippen molar-refractivity contribution in [2.75, 3.05) is 20.2 Å². The summed E-state index contributed by atoms with van der Waals surface area (Å²) in [7, 11) is 1.64. The number of nitrogens with one attached hydrogen (secondary N) is 2. The Kier molecular flexibility index (Phi) is 6.22. The zero-order valence-electron chi connectivity index (χ0n) is 11.3. The van der Waals surface area contributed by atoms with Gasteiger partial charge in [-0.05, 0) is 37.6 Å². The van der Waals surface area contributed by atoms with Crippen LogP contribution in [-0.2, 0) is 4.79 Å². The van der Waals surface area contributed by atoms with E-state index in [0.29, 0.717) is 6.54 Å². The molecule has 0 aliphatic carbocycles. The molecule has 0 aliphatic rings. The molecular weight excluding hydrogens is 228 g/mol. The Morgan fingerprint density at radius 2 is 2.00 bits per heavy atom. The second-order valence-corrected chi connectivity index (χ2v) is 4.24. The predicted octanol–water partition coefficient (Wildman–Crippen LogP) is 1.87. The maximum absolute atomic E-state index is 11.6. The van der Waals surface area contributed by atoms with Crippen LogP contribution in [0.4, 0.5) is 0 Å². The molecule has 0 saturated heterocycles. The molecule has 0 fully saturated rings. The van der Waals surface area contributed by atoms with Gasteiger partial charge in [-0.1, -0.05) is 19.1 Å². The Hall–Kier alpha value is -1.55. The summed E-state index contributed by atoms with van der Waals surface area (Å²) in [5, 5.41) is 6.03. The topological polar surface area (TPSA) is 50.4 Å². The van der Waals surface area contributed by atoms with Gasteiger partial charge in [0, 0.05) is 0 Å². The van der Waals surface area contributed by atoms with Crippen LogP contribution >= 0.6 is 0 Å². The lowest BCUT2D eigenvalue weighted by Gasteiger charge is -2.15. The third-order valence-electron chi connectivity index (χ3n) is 2.71. The second-order valence-electron chi connectivity index (χ2n) is 4.24. The van der Waals surface area contributed by atoms with Crippen LogP contribution in [0.5, 0.6) is 5.75 Å². The zero-order chi connectivity index (χ0) is 13.4. The first-order valence-electron chi connectivity index (χ1n) is 6.31. The van der Waals surface area contributed by atoms with Gasteiger partial charge in [-0.25, -0.2) is 0 Å². The largest absolute Gasteiger partial charge is 0.497 e. The molecular formula is C14H22N2O2. The highest BCUT2D eigenvalue weighted by molar-refractivity contribution is 5.78. The fourth-order valence-electron chi connectivity index (χ4n) is 1.65. The summed E-state index contributed by atoms with van der Waals surface area (Å²) in [6, 6.07) is 7.72. The van der Waals surface area contributed by atoms with Crippen LogP contribution in [0.1, 0.15) is 31.9 Å². The lowest BCUT2D eigenvalue weighted by atomic mass is 10.1. The Balaban J connectivity index is 2.43. The van der Waals surface area contributed by atoms with Gasteiger partial charge in [0.1, 0.15) is 5.75 Å². The van der Waals surface area contributed by atoms with Crippen LogP contribution in [0.15, 0.2) is 24.3 Å². The SMILES string of the molecule is CCCNCC(=O)N[C@@H](C)c1ccc(OC)cc1. The van der Waals surface area contributed by atoms with E-state index in [1.54, 1.807) is 7.11 Å². The molecule has 0 unspecified atom stereocenters. The minimum absolute atomic E-state index is 0.00633. The molecule has 100 valence electrons. The van der Waals surface area contributed by atoms with Crippen molar-refractivity contribution in [1.82, 2.24) is 10.6 Å². The molecule has 0 aliphatic heterocycles. The quantitative estimate of drug-likeness (QED) is 0.726. The van der Waals surface area contributed by atoms with Crippen LogP contribution < -0.4 is 15.4 Å². The molecule has 2 N–H and O–H groups in total. The summed E-state index contributed by atoms with van der Waals surface area (Å²) in [5.74, 6) is 0.841. The van der Waals surface area contributed by atoms with Gasteiger partial charge >= 0.3 is 0 Å². The normalized spacial score (nSPS) is 11.9. The minimum Gasteiger partial charge on any atom is -0.497 e. The number of amides is 1. The Bertz CT molecular complexity index is 363. The van der Waals surface area contributed by atoms with Gasteiger partial charge in [0.25, 0.3) is 0 Å².